The van der Waals surface area contributed by atoms with Crippen molar-refractivity contribution in [2.75, 3.05) is 0 Å². The molecule has 0 aliphatic heterocycles. The van der Waals surface area contributed by atoms with Gasteiger partial charge in [0.25, 0.3) is 0 Å². The van der Waals surface area contributed by atoms with Crippen LogP contribution in [0.15, 0.2) is 53.0 Å². The lowest BCUT2D eigenvalue weighted by Gasteiger charge is -2.10. The minimum absolute atomic E-state index is 0.0218. The van der Waals surface area contributed by atoms with E-state index in [9.17, 15) is 4.39 Å². The molecule has 2 aromatic carbocycles. The topological polar surface area (TPSA) is 0 Å². The SMILES string of the molecule is Fc1ccc(Br)c(CCCC(Cl)c2ccccc2)c1. The van der Waals surface area contributed by atoms with Crippen LogP contribution in [0.4, 0.5) is 4.39 Å². The first-order valence-corrected chi connectivity index (χ1v) is 7.52. The second-order valence-electron chi connectivity index (χ2n) is 4.51. The maximum absolute atomic E-state index is 13.2. The van der Waals surface area contributed by atoms with Crippen LogP contribution < -0.4 is 0 Å². The van der Waals surface area contributed by atoms with Gasteiger partial charge in [0.15, 0.2) is 0 Å². The third-order valence-corrected chi connectivity index (χ3v) is 4.32. The van der Waals surface area contributed by atoms with E-state index in [1.807, 2.05) is 30.3 Å². The molecule has 100 valence electrons. The zero-order valence-electron chi connectivity index (χ0n) is 10.5. The summed E-state index contributed by atoms with van der Waals surface area (Å²) in [6, 6.07) is 14.8. The van der Waals surface area contributed by atoms with Crippen LogP contribution in [0.5, 0.6) is 0 Å². The minimum atomic E-state index is -0.191. The highest BCUT2D eigenvalue weighted by Gasteiger charge is 2.08. The fraction of sp³-hybridized carbons (Fsp3) is 0.250. The lowest BCUT2D eigenvalue weighted by Crippen LogP contribution is -1.94. The highest BCUT2D eigenvalue weighted by atomic mass is 79.9. The van der Waals surface area contributed by atoms with Gasteiger partial charge in [-0.05, 0) is 48.6 Å². The van der Waals surface area contributed by atoms with Crippen molar-refractivity contribution in [2.45, 2.75) is 24.6 Å². The smallest absolute Gasteiger partial charge is 0.123 e. The van der Waals surface area contributed by atoms with Gasteiger partial charge < -0.3 is 0 Å². The minimum Gasteiger partial charge on any atom is -0.207 e. The van der Waals surface area contributed by atoms with Gasteiger partial charge in [-0.3, -0.25) is 0 Å². The number of rotatable bonds is 5. The summed E-state index contributed by atoms with van der Waals surface area (Å²) in [5, 5.41) is 0.0218. The second-order valence-corrected chi connectivity index (χ2v) is 5.89. The second kappa shape index (κ2) is 7.06. The van der Waals surface area contributed by atoms with Gasteiger partial charge in [-0.15, -0.1) is 11.6 Å². The molecule has 0 heterocycles. The highest BCUT2D eigenvalue weighted by molar-refractivity contribution is 9.10. The average molecular weight is 342 g/mol. The third-order valence-electron chi connectivity index (χ3n) is 3.07. The van der Waals surface area contributed by atoms with E-state index in [1.54, 1.807) is 12.1 Å². The molecule has 0 bridgehead atoms. The number of halogens is 3. The molecule has 19 heavy (non-hydrogen) atoms. The van der Waals surface area contributed by atoms with Gasteiger partial charge in [0.05, 0.1) is 5.38 Å². The molecule has 1 unspecified atom stereocenters. The zero-order valence-corrected chi connectivity index (χ0v) is 12.8. The predicted molar refractivity (Wildman–Crippen MR) is 82.1 cm³/mol. The average Bonchev–Trinajstić information content (AvgIpc) is 2.43. The Bertz CT molecular complexity index is 528. The zero-order chi connectivity index (χ0) is 13.7. The Morgan fingerprint density at radius 1 is 1.11 bits per heavy atom. The van der Waals surface area contributed by atoms with E-state index >= 15 is 0 Å². The molecule has 0 fully saturated rings. The van der Waals surface area contributed by atoms with Crippen LogP contribution in [0.25, 0.3) is 0 Å². The van der Waals surface area contributed by atoms with Gasteiger partial charge in [-0.25, -0.2) is 4.39 Å². The van der Waals surface area contributed by atoms with Gasteiger partial charge in [-0.2, -0.15) is 0 Å². The Morgan fingerprint density at radius 2 is 1.84 bits per heavy atom. The molecule has 0 saturated carbocycles. The Hall–Kier alpha value is -0.860. The lowest BCUT2D eigenvalue weighted by atomic mass is 10.0. The molecule has 1 atom stereocenters. The molecule has 3 heteroatoms. The molecule has 0 aliphatic carbocycles. The monoisotopic (exact) mass is 340 g/mol. The molecule has 0 spiro atoms. The van der Waals surface area contributed by atoms with Crippen molar-refractivity contribution in [1.29, 1.82) is 0 Å². The summed E-state index contributed by atoms with van der Waals surface area (Å²) in [5.41, 5.74) is 2.14. The maximum Gasteiger partial charge on any atom is 0.123 e. The molecule has 0 nitrogen and oxygen atoms in total. The normalized spacial score (nSPS) is 12.4. The number of benzene rings is 2. The van der Waals surface area contributed by atoms with Crippen molar-refractivity contribution in [1.82, 2.24) is 0 Å². The van der Waals surface area contributed by atoms with Crippen LogP contribution in [-0.2, 0) is 6.42 Å². The Kier molecular flexibility index (Phi) is 5.41. The molecule has 2 aromatic rings. The van der Waals surface area contributed by atoms with E-state index in [0.29, 0.717) is 0 Å². The molecule has 0 saturated heterocycles. The van der Waals surface area contributed by atoms with Crippen molar-refractivity contribution < 1.29 is 4.39 Å². The standard InChI is InChI=1S/C16H15BrClF/c17-15-10-9-14(19)11-13(15)7-4-8-16(18)12-5-2-1-3-6-12/h1-3,5-6,9-11,16H,4,7-8H2. The summed E-state index contributed by atoms with van der Waals surface area (Å²) in [7, 11) is 0. The van der Waals surface area contributed by atoms with Gasteiger partial charge in [0, 0.05) is 4.47 Å². The predicted octanol–water partition coefficient (Wildman–Crippen LogP) is 5.89. The Labute approximate surface area is 126 Å². The molecule has 0 N–H and O–H groups in total. The fourth-order valence-electron chi connectivity index (χ4n) is 2.04. The molecule has 2 rings (SSSR count). The van der Waals surface area contributed by atoms with E-state index < -0.39 is 0 Å². The van der Waals surface area contributed by atoms with Crippen molar-refractivity contribution in [3.63, 3.8) is 0 Å². The van der Waals surface area contributed by atoms with Crippen LogP contribution >= 0.6 is 27.5 Å². The van der Waals surface area contributed by atoms with E-state index in [-0.39, 0.29) is 11.2 Å². The first kappa shape index (κ1) is 14.5. The maximum atomic E-state index is 13.2. The molecular weight excluding hydrogens is 327 g/mol. The van der Waals surface area contributed by atoms with Crippen LogP contribution in [0, 0.1) is 5.82 Å². The van der Waals surface area contributed by atoms with E-state index in [1.165, 1.54) is 6.07 Å². The summed E-state index contributed by atoms with van der Waals surface area (Å²) in [4.78, 5) is 0. The lowest BCUT2D eigenvalue weighted by molar-refractivity contribution is 0.622. The van der Waals surface area contributed by atoms with Crippen LogP contribution in [0.1, 0.15) is 29.3 Å². The van der Waals surface area contributed by atoms with Crippen LogP contribution in [0.3, 0.4) is 0 Å². The van der Waals surface area contributed by atoms with Crippen molar-refractivity contribution in [2.24, 2.45) is 0 Å². The highest BCUT2D eigenvalue weighted by Crippen LogP contribution is 2.27. The summed E-state index contributed by atoms with van der Waals surface area (Å²) < 4.78 is 14.1. The first-order chi connectivity index (χ1) is 9.16. The quantitative estimate of drug-likeness (QED) is 0.595. The Morgan fingerprint density at radius 3 is 2.58 bits per heavy atom. The molecule has 0 amide bonds. The van der Waals surface area contributed by atoms with E-state index in [2.05, 4.69) is 15.9 Å². The van der Waals surface area contributed by atoms with Gasteiger partial charge in [-0.1, -0.05) is 46.3 Å². The third kappa shape index (κ3) is 4.32. The van der Waals surface area contributed by atoms with Gasteiger partial charge >= 0.3 is 0 Å². The molecular formula is C16H15BrClF. The van der Waals surface area contributed by atoms with Crippen molar-refractivity contribution in [3.05, 3.63) is 69.9 Å². The van der Waals surface area contributed by atoms with Crippen LogP contribution in [0.2, 0.25) is 0 Å². The summed E-state index contributed by atoms with van der Waals surface area (Å²) in [6.07, 6.45) is 2.65. The van der Waals surface area contributed by atoms with Crippen molar-refractivity contribution in [3.8, 4) is 0 Å². The Balaban J connectivity index is 1.88. The van der Waals surface area contributed by atoms with E-state index in [0.717, 1.165) is 34.9 Å². The number of hydrogen-bond acceptors (Lipinski definition) is 0. The largest absolute Gasteiger partial charge is 0.207 e. The van der Waals surface area contributed by atoms with Gasteiger partial charge in [0.2, 0.25) is 0 Å². The van der Waals surface area contributed by atoms with Gasteiger partial charge in [0.1, 0.15) is 5.82 Å². The number of alkyl halides is 1. The number of hydrogen-bond donors (Lipinski definition) is 0. The number of aryl methyl sites for hydroxylation is 1. The molecule has 0 radical (unpaired) electrons. The summed E-state index contributed by atoms with van der Waals surface area (Å²) in [6.45, 7) is 0. The van der Waals surface area contributed by atoms with Crippen LogP contribution in [-0.4, -0.2) is 0 Å². The molecule has 0 aromatic heterocycles. The van der Waals surface area contributed by atoms with Crippen molar-refractivity contribution >= 4 is 27.5 Å². The summed E-state index contributed by atoms with van der Waals surface area (Å²) >= 11 is 9.80. The summed E-state index contributed by atoms with van der Waals surface area (Å²) in [5.74, 6) is -0.191. The molecule has 0 aliphatic rings. The van der Waals surface area contributed by atoms with E-state index in [4.69, 9.17) is 11.6 Å². The fourth-order valence-corrected chi connectivity index (χ4v) is 2.78. The first-order valence-electron chi connectivity index (χ1n) is 6.30.